The number of hydrogen-bond donors (Lipinski definition) is 2. The standard InChI is InChI=1S/C23H30N6OS3/c1-14-5-6-19(31-12-16(14)3)23(4,30)20-27-28-22(33-20)26-18-8-10-29(9-7-15(18)2)11-17-13-32-21(24)25-17/h6,8,10,12-15,30H,5,7,9,11H2,1-4H3,(H2,24,25). The zero-order chi connectivity index (χ0) is 23.6. The van der Waals surface area contributed by atoms with Crippen molar-refractivity contribution in [1.82, 2.24) is 20.1 Å². The third kappa shape index (κ3) is 5.74. The lowest BCUT2D eigenvalue weighted by Gasteiger charge is -2.22. The van der Waals surface area contributed by atoms with E-state index in [1.54, 1.807) is 18.7 Å². The van der Waals surface area contributed by atoms with Gasteiger partial charge in [-0.2, -0.15) is 0 Å². The molecule has 2 aromatic rings. The molecule has 4 rings (SSSR count). The van der Waals surface area contributed by atoms with Crippen LogP contribution in [0.25, 0.3) is 0 Å². The maximum Gasteiger partial charge on any atom is 0.231 e. The molecule has 0 aliphatic carbocycles. The molecule has 33 heavy (non-hydrogen) atoms. The van der Waals surface area contributed by atoms with E-state index in [1.165, 1.54) is 28.2 Å². The van der Waals surface area contributed by atoms with Gasteiger partial charge in [-0.1, -0.05) is 48.6 Å². The van der Waals surface area contributed by atoms with Crippen molar-refractivity contribution in [3.63, 3.8) is 0 Å². The van der Waals surface area contributed by atoms with Crippen LogP contribution in [0.15, 0.2) is 44.6 Å². The van der Waals surface area contributed by atoms with Gasteiger partial charge in [0.15, 0.2) is 10.1 Å². The molecule has 0 fully saturated rings. The quantitative estimate of drug-likeness (QED) is 0.559. The molecule has 2 aromatic heterocycles. The molecule has 0 spiro atoms. The van der Waals surface area contributed by atoms with Crippen LogP contribution in [-0.2, 0) is 12.1 Å². The zero-order valence-electron chi connectivity index (χ0n) is 19.4. The van der Waals surface area contributed by atoms with Crippen LogP contribution in [0.4, 0.5) is 10.3 Å². The maximum atomic E-state index is 11.3. The van der Waals surface area contributed by atoms with E-state index < -0.39 is 5.60 Å². The molecule has 3 N–H and O–H groups in total. The molecule has 3 unspecified atom stereocenters. The van der Waals surface area contributed by atoms with Crippen molar-refractivity contribution in [2.24, 2.45) is 16.8 Å². The minimum atomic E-state index is -1.18. The van der Waals surface area contributed by atoms with Gasteiger partial charge in [0.25, 0.3) is 0 Å². The number of thiazole rings is 1. The number of anilines is 1. The van der Waals surface area contributed by atoms with Crippen molar-refractivity contribution in [2.45, 2.75) is 52.7 Å². The van der Waals surface area contributed by atoms with Crippen molar-refractivity contribution in [3.05, 3.63) is 50.3 Å². The van der Waals surface area contributed by atoms with Crippen LogP contribution in [0.5, 0.6) is 0 Å². The van der Waals surface area contributed by atoms with Crippen molar-refractivity contribution in [2.75, 3.05) is 12.3 Å². The van der Waals surface area contributed by atoms with Crippen molar-refractivity contribution < 1.29 is 5.11 Å². The number of aromatic nitrogens is 3. The molecule has 4 heterocycles. The number of thioether (sulfide) groups is 1. The first-order valence-corrected chi connectivity index (χ1v) is 13.6. The summed E-state index contributed by atoms with van der Waals surface area (Å²) < 4.78 is 0. The fraction of sp³-hybridized carbons (Fsp3) is 0.478. The number of nitrogen functional groups attached to an aromatic ring is 1. The molecule has 0 amide bonds. The number of rotatable bonds is 5. The van der Waals surface area contributed by atoms with Crippen LogP contribution in [-0.4, -0.2) is 37.4 Å². The number of aliphatic hydroxyl groups is 1. The monoisotopic (exact) mass is 502 g/mol. The fourth-order valence-corrected chi connectivity index (χ4v) is 6.07. The van der Waals surface area contributed by atoms with Crippen LogP contribution < -0.4 is 5.73 Å². The minimum Gasteiger partial charge on any atom is -0.378 e. The van der Waals surface area contributed by atoms with Gasteiger partial charge in [-0.25, -0.2) is 9.98 Å². The number of hydrogen-bond acceptors (Lipinski definition) is 10. The Morgan fingerprint density at radius 1 is 1.30 bits per heavy atom. The highest BCUT2D eigenvalue weighted by Gasteiger charge is 2.33. The van der Waals surface area contributed by atoms with Crippen molar-refractivity contribution >= 4 is 50.4 Å². The Balaban J connectivity index is 1.50. The molecule has 0 saturated heterocycles. The minimum absolute atomic E-state index is 0.286. The molecule has 7 nitrogen and oxygen atoms in total. The van der Waals surface area contributed by atoms with E-state index in [-0.39, 0.29) is 5.92 Å². The first kappa shape index (κ1) is 24.1. The van der Waals surface area contributed by atoms with Gasteiger partial charge >= 0.3 is 0 Å². The summed E-state index contributed by atoms with van der Waals surface area (Å²) in [6.07, 6.45) is 8.11. The van der Waals surface area contributed by atoms with E-state index in [0.717, 1.165) is 42.2 Å². The van der Waals surface area contributed by atoms with Gasteiger partial charge in [-0.05, 0) is 44.1 Å². The van der Waals surface area contributed by atoms with E-state index >= 15 is 0 Å². The molecule has 0 aromatic carbocycles. The lowest BCUT2D eigenvalue weighted by Crippen LogP contribution is -2.22. The van der Waals surface area contributed by atoms with Gasteiger partial charge in [0.1, 0.15) is 5.60 Å². The number of allylic oxidation sites excluding steroid dienone is 3. The zero-order valence-corrected chi connectivity index (χ0v) is 21.8. The Bertz CT molecular complexity index is 1110. The highest BCUT2D eigenvalue weighted by molar-refractivity contribution is 8.05. The Morgan fingerprint density at radius 3 is 2.88 bits per heavy atom. The second-order valence-corrected chi connectivity index (χ2v) is 11.6. The van der Waals surface area contributed by atoms with Crippen LogP contribution in [0.2, 0.25) is 0 Å². The smallest absolute Gasteiger partial charge is 0.231 e. The van der Waals surface area contributed by atoms with Crippen LogP contribution in [0.1, 0.15) is 51.2 Å². The summed E-state index contributed by atoms with van der Waals surface area (Å²) in [4.78, 5) is 12.3. The summed E-state index contributed by atoms with van der Waals surface area (Å²) in [5.41, 5.74) is 7.85. The summed E-state index contributed by atoms with van der Waals surface area (Å²) in [6, 6.07) is 0. The lowest BCUT2D eigenvalue weighted by atomic mass is 9.98. The number of nitrogens with zero attached hydrogens (tertiary/aromatic N) is 5. The van der Waals surface area contributed by atoms with Gasteiger partial charge in [-0.3, -0.25) is 0 Å². The van der Waals surface area contributed by atoms with Crippen molar-refractivity contribution in [3.8, 4) is 0 Å². The molecular formula is C23H30N6OS3. The highest BCUT2D eigenvalue weighted by Crippen LogP contribution is 2.42. The molecule has 0 radical (unpaired) electrons. The molecule has 2 aliphatic rings. The van der Waals surface area contributed by atoms with Crippen LogP contribution >= 0.6 is 34.4 Å². The Morgan fingerprint density at radius 2 is 2.12 bits per heavy atom. The predicted octanol–water partition coefficient (Wildman–Crippen LogP) is 5.47. The Kier molecular flexibility index (Phi) is 7.37. The van der Waals surface area contributed by atoms with Gasteiger partial charge in [0.05, 0.1) is 12.2 Å². The molecule has 0 bridgehead atoms. The fourth-order valence-electron chi connectivity index (χ4n) is 3.59. The first-order chi connectivity index (χ1) is 15.7. The van der Waals surface area contributed by atoms with Gasteiger partial charge in [0.2, 0.25) is 5.13 Å². The van der Waals surface area contributed by atoms with E-state index in [2.05, 4.69) is 58.5 Å². The lowest BCUT2D eigenvalue weighted by molar-refractivity contribution is 0.105. The molecule has 2 aliphatic heterocycles. The SMILES string of the molecule is CC1=CSC(C(C)(O)c2nnc(N=C3C=CN(Cc4csc(N)n4)CCC3C)s2)=CCC1C. The largest absolute Gasteiger partial charge is 0.378 e. The third-order valence-corrected chi connectivity index (χ3v) is 9.14. The van der Waals surface area contributed by atoms with E-state index in [9.17, 15) is 5.11 Å². The maximum absolute atomic E-state index is 11.3. The Labute approximate surface area is 207 Å². The van der Waals surface area contributed by atoms with Crippen LogP contribution in [0, 0.1) is 11.8 Å². The summed E-state index contributed by atoms with van der Waals surface area (Å²) in [7, 11) is 0. The van der Waals surface area contributed by atoms with Gasteiger partial charge < -0.3 is 15.7 Å². The predicted molar refractivity (Wildman–Crippen MR) is 140 cm³/mol. The topological polar surface area (TPSA) is 101 Å². The molecule has 0 saturated carbocycles. The van der Waals surface area contributed by atoms with Gasteiger partial charge in [-0.15, -0.1) is 21.5 Å². The molecule has 10 heteroatoms. The second kappa shape index (κ2) is 10.1. The first-order valence-electron chi connectivity index (χ1n) is 11.0. The highest BCUT2D eigenvalue weighted by atomic mass is 32.2. The van der Waals surface area contributed by atoms with E-state index in [1.807, 2.05) is 11.5 Å². The van der Waals surface area contributed by atoms with Crippen molar-refractivity contribution in [1.29, 1.82) is 0 Å². The summed E-state index contributed by atoms with van der Waals surface area (Å²) >= 11 is 4.38. The molecule has 176 valence electrons. The Hall–Kier alpha value is -2.01. The molecule has 3 atom stereocenters. The van der Waals surface area contributed by atoms with E-state index in [0.29, 0.717) is 21.2 Å². The normalized spacial score (nSPS) is 24.8. The summed E-state index contributed by atoms with van der Waals surface area (Å²) in [5.74, 6) is 0.757. The number of nitrogens with two attached hydrogens (primary N) is 1. The van der Waals surface area contributed by atoms with Gasteiger partial charge in [0, 0.05) is 34.7 Å². The second-order valence-electron chi connectivity index (χ2n) is 8.84. The average molecular weight is 503 g/mol. The average Bonchev–Trinajstić information content (AvgIpc) is 3.33. The molecular weight excluding hydrogens is 472 g/mol. The third-order valence-electron chi connectivity index (χ3n) is 6.09. The van der Waals surface area contributed by atoms with Crippen LogP contribution in [0.3, 0.4) is 0 Å². The summed E-state index contributed by atoms with van der Waals surface area (Å²) in [6.45, 7) is 9.95. The number of aliphatic imine (C=N–C) groups is 1. The summed E-state index contributed by atoms with van der Waals surface area (Å²) in [5, 5.41) is 25.7. The van der Waals surface area contributed by atoms with E-state index in [4.69, 9.17) is 10.7 Å².